The smallest absolute Gasteiger partial charge is 0.243 e. The second-order valence-electron chi connectivity index (χ2n) is 18.5. The van der Waals surface area contributed by atoms with Crippen LogP contribution >= 0.6 is 11.8 Å². The Balaban J connectivity index is 1.80. The quantitative estimate of drug-likeness (QED) is 0.185. The molecule has 9 unspecified atom stereocenters. The molecule has 2 bridgehead atoms. The Bertz CT molecular complexity index is 1690. The molecule has 4 rings (SSSR count). The summed E-state index contributed by atoms with van der Waals surface area (Å²) in [5.74, 6) is -3.98. The number of aromatic nitrogens is 1. The van der Waals surface area contributed by atoms with Gasteiger partial charge in [0.25, 0.3) is 0 Å². The average Bonchev–Trinajstić information content (AvgIpc) is 3.70. The van der Waals surface area contributed by atoms with Crippen LogP contribution in [0.3, 0.4) is 0 Å². The number of amides is 6. The molecule has 1 aromatic heterocycles. The molecule has 324 valence electrons. The van der Waals surface area contributed by atoms with Crippen LogP contribution in [0.2, 0.25) is 0 Å². The Morgan fingerprint density at radius 2 is 1.24 bits per heavy atom. The van der Waals surface area contributed by atoms with Crippen LogP contribution < -0.4 is 37.2 Å². The summed E-state index contributed by atoms with van der Waals surface area (Å²) in [6.07, 6.45) is 8.82. The molecule has 58 heavy (non-hydrogen) atoms. The second-order valence-corrected chi connectivity index (χ2v) is 20.3. The molecular weight excluding hydrogens is 757 g/mol. The van der Waals surface area contributed by atoms with Crippen molar-refractivity contribution in [2.24, 2.45) is 29.6 Å². The zero-order valence-electron chi connectivity index (χ0n) is 36.6. The molecule has 0 saturated carbocycles. The highest BCUT2D eigenvalue weighted by Crippen LogP contribution is 2.40. The molecule has 3 heterocycles. The van der Waals surface area contributed by atoms with E-state index in [0.717, 1.165) is 29.7 Å². The molecular formula is C43H70N8O6S. The lowest BCUT2D eigenvalue weighted by atomic mass is 9.94. The third kappa shape index (κ3) is 11.5. The molecule has 0 spiro atoms. The molecule has 2 fully saturated rings. The highest BCUT2D eigenvalue weighted by molar-refractivity contribution is 8.01. The van der Waals surface area contributed by atoms with Crippen molar-refractivity contribution < 1.29 is 28.8 Å². The molecule has 8 N–H and O–H groups in total. The molecule has 15 heteroatoms. The SMILES string of the molecule is CCC(C)C1NC(=O)C2NC(SC2(C)C)C(C(C)C)NC(=O)C(Cc2c[nH]c3c2C=CCC3)NC(=O)C(C(C)C)NC(=O)C(CC(C)C)NC(=O)C(C(C)C)NC1=O. The van der Waals surface area contributed by atoms with Crippen molar-refractivity contribution in [2.45, 2.75) is 168 Å². The summed E-state index contributed by atoms with van der Waals surface area (Å²) in [5.41, 5.74) is 2.96. The van der Waals surface area contributed by atoms with E-state index in [2.05, 4.69) is 48.3 Å². The minimum absolute atomic E-state index is 0.0106. The first-order chi connectivity index (χ1) is 27.1. The maximum Gasteiger partial charge on any atom is 0.243 e. The summed E-state index contributed by atoms with van der Waals surface area (Å²) in [5, 5.41) is 21.0. The van der Waals surface area contributed by atoms with Crippen molar-refractivity contribution in [3.63, 3.8) is 0 Å². The summed E-state index contributed by atoms with van der Waals surface area (Å²) in [4.78, 5) is 88.6. The molecule has 0 radical (unpaired) electrons. The lowest BCUT2D eigenvalue weighted by molar-refractivity contribution is -0.136. The number of fused-ring (bicyclic) bond motifs is 3. The van der Waals surface area contributed by atoms with Gasteiger partial charge in [0.1, 0.15) is 36.3 Å². The van der Waals surface area contributed by atoms with Crippen molar-refractivity contribution >= 4 is 53.3 Å². The van der Waals surface area contributed by atoms with E-state index in [1.54, 1.807) is 13.8 Å². The standard InChI is InChI=1S/C43H70N8O6S/c1-13-25(10)34-40(56)48-32(23(6)7)39(55)45-29(18-21(2)3)36(52)47-31(22(4)5)38(54)46-30(19-26-20-44-28-17-15-14-16-27(26)28)37(53)49-33(24(8)9)42-51-35(41(57)50-34)43(11,12)58-42/h14,16,20-25,29-35,42,44,51H,13,15,17-19H2,1-12H3,(H,45,55)(H,46,54)(H,47,52)(H,48,56)(H,49,53)(H,50,57). The van der Waals surface area contributed by atoms with E-state index in [9.17, 15) is 28.8 Å². The van der Waals surface area contributed by atoms with Crippen molar-refractivity contribution in [3.8, 4) is 0 Å². The number of rotatable bonds is 9. The van der Waals surface area contributed by atoms with Crippen LogP contribution in [0, 0.1) is 29.6 Å². The first-order valence-electron chi connectivity index (χ1n) is 21.3. The van der Waals surface area contributed by atoms with Crippen LogP contribution in [-0.4, -0.2) is 92.8 Å². The number of allylic oxidation sites excluding steroid dienone is 1. The van der Waals surface area contributed by atoms with Crippen LogP contribution in [-0.2, 0) is 41.6 Å². The van der Waals surface area contributed by atoms with Crippen molar-refractivity contribution in [1.29, 1.82) is 0 Å². The van der Waals surface area contributed by atoms with Crippen molar-refractivity contribution in [3.05, 3.63) is 29.1 Å². The third-order valence-corrected chi connectivity index (χ3v) is 13.2. The summed E-state index contributed by atoms with van der Waals surface area (Å²) in [6, 6.07) is -6.23. The summed E-state index contributed by atoms with van der Waals surface area (Å²) >= 11 is 1.54. The predicted molar refractivity (Wildman–Crippen MR) is 229 cm³/mol. The molecule has 0 aromatic carbocycles. The van der Waals surface area contributed by atoms with Gasteiger partial charge in [-0.1, -0.05) is 87.8 Å². The second kappa shape index (κ2) is 19.9. The fourth-order valence-electron chi connectivity index (χ4n) is 7.92. The van der Waals surface area contributed by atoms with Crippen LogP contribution in [0.1, 0.15) is 119 Å². The number of hydrogen-bond donors (Lipinski definition) is 8. The lowest BCUT2D eigenvalue weighted by Crippen LogP contribution is -2.62. The summed E-state index contributed by atoms with van der Waals surface area (Å²) in [6.45, 7) is 22.8. The number of aryl methyl sites for hydroxylation is 1. The summed E-state index contributed by atoms with van der Waals surface area (Å²) < 4.78 is -0.640. The van der Waals surface area contributed by atoms with Crippen LogP contribution in [0.25, 0.3) is 6.08 Å². The van der Waals surface area contributed by atoms with E-state index in [0.29, 0.717) is 6.42 Å². The predicted octanol–water partition coefficient (Wildman–Crippen LogP) is 3.31. The summed E-state index contributed by atoms with van der Waals surface area (Å²) in [7, 11) is 0. The van der Waals surface area contributed by atoms with Gasteiger partial charge < -0.3 is 36.9 Å². The van der Waals surface area contributed by atoms with E-state index < -0.39 is 81.9 Å². The van der Waals surface area contributed by atoms with Crippen molar-refractivity contribution in [1.82, 2.24) is 42.2 Å². The van der Waals surface area contributed by atoms with Gasteiger partial charge in [0.15, 0.2) is 0 Å². The Hall–Kier alpha value is -3.85. The number of nitrogens with one attached hydrogen (secondary N) is 8. The number of carbonyl (C=O) groups is 6. The van der Waals surface area contributed by atoms with Gasteiger partial charge >= 0.3 is 0 Å². The zero-order valence-corrected chi connectivity index (χ0v) is 37.4. The van der Waals surface area contributed by atoms with Crippen LogP contribution in [0.4, 0.5) is 0 Å². The maximum atomic E-state index is 14.6. The van der Waals surface area contributed by atoms with Crippen LogP contribution in [0.5, 0.6) is 0 Å². The number of carbonyl (C=O) groups excluding carboxylic acids is 6. The molecule has 2 aliphatic heterocycles. The van der Waals surface area contributed by atoms with Crippen LogP contribution in [0.15, 0.2) is 12.3 Å². The lowest BCUT2D eigenvalue weighted by Gasteiger charge is -2.32. The number of aromatic amines is 1. The largest absolute Gasteiger partial charge is 0.364 e. The Kier molecular flexibility index (Phi) is 16.1. The first-order valence-corrected chi connectivity index (χ1v) is 22.1. The van der Waals surface area contributed by atoms with Gasteiger partial charge in [0, 0.05) is 23.1 Å². The molecule has 2 saturated heterocycles. The van der Waals surface area contributed by atoms with E-state index in [4.69, 9.17) is 0 Å². The van der Waals surface area contributed by atoms with Gasteiger partial charge in [0.2, 0.25) is 35.4 Å². The molecule has 1 aliphatic carbocycles. The first kappa shape index (κ1) is 46.8. The molecule has 3 aliphatic rings. The van der Waals surface area contributed by atoms with Gasteiger partial charge in [-0.2, -0.15) is 0 Å². The minimum atomic E-state index is -1.04. The normalized spacial score (nSPS) is 29.6. The van der Waals surface area contributed by atoms with E-state index in [1.165, 1.54) is 11.8 Å². The Morgan fingerprint density at radius 1 is 0.690 bits per heavy atom. The van der Waals surface area contributed by atoms with Gasteiger partial charge in [-0.05, 0) is 73.8 Å². The fourth-order valence-corrected chi connectivity index (χ4v) is 9.61. The zero-order chi connectivity index (χ0) is 43.2. The fraction of sp³-hybridized carbons (Fsp3) is 0.721. The number of H-pyrrole nitrogens is 1. The number of hydrogen-bond acceptors (Lipinski definition) is 8. The molecule has 9 atom stereocenters. The van der Waals surface area contributed by atoms with Gasteiger partial charge in [0.05, 0.1) is 11.4 Å². The van der Waals surface area contributed by atoms with Gasteiger partial charge in [-0.25, -0.2) is 0 Å². The van der Waals surface area contributed by atoms with E-state index in [1.807, 2.05) is 81.5 Å². The highest BCUT2D eigenvalue weighted by Gasteiger charge is 2.49. The highest BCUT2D eigenvalue weighted by atomic mass is 32.2. The minimum Gasteiger partial charge on any atom is -0.364 e. The molecule has 14 nitrogen and oxygen atoms in total. The molecule has 1 aromatic rings. The Labute approximate surface area is 349 Å². The average molecular weight is 827 g/mol. The monoisotopic (exact) mass is 827 g/mol. The number of thioether (sulfide) groups is 1. The topological polar surface area (TPSA) is 202 Å². The Morgan fingerprint density at radius 3 is 1.81 bits per heavy atom. The van der Waals surface area contributed by atoms with Gasteiger partial charge in [-0.3, -0.25) is 34.1 Å². The maximum absolute atomic E-state index is 14.6. The van der Waals surface area contributed by atoms with E-state index >= 15 is 0 Å². The van der Waals surface area contributed by atoms with Crippen molar-refractivity contribution in [2.75, 3.05) is 0 Å². The van der Waals surface area contributed by atoms with Gasteiger partial charge in [-0.15, -0.1) is 11.8 Å². The van der Waals surface area contributed by atoms with E-state index in [-0.39, 0.29) is 48.3 Å². The molecule has 6 amide bonds. The third-order valence-electron chi connectivity index (χ3n) is 11.7.